The van der Waals surface area contributed by atoms with Crippen LogP contribution in [0.4, 0.5) is 4.39 Å². The van der Waals surface area contributed by atoms with E-state index in [2.05, 4.69) is 11.9 Å². The minimum Gasteiger partial charge on any atom is -0.349 e. The van der Waals surface area contributed by atoms with Crippen molar-refractivity contribution in [3.63, 3.8) is 0 Å². The topological polar surface area (TPSA) is 29.1 Å². The number of carbonyl (C=O) groups excluding carboxylic acids is 1. The zero-order valence-corrected chi connectivity index (χ0v) is 10.2. The Morgan fingerprint density at radius 3 is 2.88 bits per heavy atom. The summed E-state index contributed by atoms with van der Waals surface area (Å²) in [7, 11) is 0. The lowest BCUT2D eigenvalue weighted by Gasteiger charge is -2.01. The smallest absolute Gasteiger partial charge is 0.244 e. The van der Waals surface area contributed by atoms with Gasteiger partial charge in [-0.15, -0.1) is 0 Å². The molecule has 1 aromatic rings. The molecule has 0 aliphatic rings. The van der Waals surface area contributed by atoms with E-state index < -0.39 is 5.82 Å². The molecular formula is C13H13ClFNO. The molecule has 0 bridgehead atoms. The molecule has 1 rings (SSSR count). The molecule has 0 aliphatic heterocycles. The lowest BCUT2D eigenvalue weighted by atomic mass is 10.2. The first-order valence-electron chi connectivity index (χ1n) is 5.05. The van der Waals surface area contributed by atoms with Gasteiger partial charge >= 0.3 is 0 Å². The summed E-state index contributed by atoms with van der Waals surface area (Å²) < 4.78 is 13.3. The van der Waals surface area contributed by atoms with Crippen LogP contribution in [0, 0.1) is 5.82 Å². The van der Waals surface area contributed by atoms with E-state index in [-0.39, 0.29) is 16.5 Å². The Balaban J connectivity index is 2.70. The fourth-order valence-electron chi connectivity index (χ4n) is 1.13. The fourth-order valence-corrected chi connectivity index (χ4v) is 1.35. The standard InChI is InChI=1S/C13H13ClFNO/c1-9(2)8-16-13(17)7-6-10-11(14)4-3-5-12(10)15/h3-7H,1,8H2,2H3,(H,16,17)/b7-6+. The average Bonchev–Trinajstić information content (AvgIpc) is 2.25. The summed E-state index contributed by atoms with van der Waals surface area (Å²) in [6.45, 7) is 5.85. The zero-order chi connectivity index (χ0) is 12.8. The van der Waals surface area contributed by atoms with Crippen molar-refractivity contribution in [1.82, 2.24) is 5.32 Å². The first-order valence-corrected chi connectivity index (χ1v) is 5.43. The number of rotatable bonds is 4. The maximum absolute atomic E-state index is 13.3. The number of hydrogen-bond donors (Lipinski definition) is 1. The maximum atomic E-state index is 13.3. The van der Waals surface area contributed by atoms with Crippen molar-refractivity contribution in [3.05, 3.63) is 52.8 Å². The highest BCUT2D eigenvalue weighted by atomic mass is 35.5. The predicted molar refractivity (Wildman–Crippen MR) is 68.3 cm³/mol. The molecule has 1 amide bonds. The van der Waals surface area contributed by atoms with Crippen LogP contribution in [0.1, 0.15) is 12.5 Å². The fraction of sp³-hybridized carbons (Fsp3) is 0.154. The van der Waals surface area contributed by atoms with Crippen LogP contribution in [-0.2, 0) is 4.79 Å². The summed E-state index contributed by atoms with van der Waals surface area (Å²) in [6, 6.07) is 4.36. The van der Waals surface area contributed by atoms with Crippen LogP contribution in [0.25, 0.3) is 6.08 Å². The van der Waals surface area contributed by atoms with E-state index in [9.17, 15) is 9.18 Å². The van der Waals surface area contributed by atoms with Gasteiger partial charge in [0, 0.05) is 18.2 Å². The quantitative estimate of drug-likeness (QED) is 0.648. The van der Waals surface area contributed by atoms with Gasteiger partial charge in [-0.25, -0.2) is 4.39 Å². The van der Waals surface area contributed by atoms with E-state index in [0.29, 0.717) is 6.54 Å². The van der Waals surface area contributed by atoms with Crippen molar-refractivity contribution in [2.24, 2.45) is 0 Å². The van der Waals surface area contributed by atoms with Gasteiger partial charge in [-0.3, -0.25) is 4.79 Å². The van der Waals surface area contributed by atoms with Crippen LogP contribution in [-0.4, -0.2) is 12.5 Å². The van der Waals surface area contributed by atoms with Crippen molar-refractivity contribution < 1.29 is 9.18 Å². The first-order chi connectivity index (χ1) is 8.00. The van der Waals surface area contributed by atoms with Gasteiger partial charge in [-0.1, -0.05) is 29.8 Å². The van der Waals surface area contributed by atoms with E-state index in [1.165, 1.54) is 24.3 Å². The second-order valence-electron chi connectivity index (χ2n) is 3.64. The van der Waals surface area contributed by atoms with Gasteiger partial charge < -0.3 is 5.32 Å². The largest absolute Gasteiger partial charge is 0.349 e. The van der Waals surface area contributed by atoms with Crippen LogP contribution in [0.15, 0.2) is 36.4 Å². The zero-order valence-electron chi connectivity index (χ0n) is 9.47. The summed E-state index contributed by atoms with van der Waals surface area (Å²) >= 11 is 5.80. The second-order valence-corrected chi connectivity index (χ2v) is 4.05. The number of halogens is 2. The Bertz CT molecular complexity index is 448. The number of amides is 1. The SMILES string of the molecule is C=C(C)CNC(=O)/C=C/c1c(F)cccc1Cl. The molecule has 0 heterocycles. The van der Waals surface area contributed by atoms with Crippen molar-refractivity contribution in [1.29, 1.82) is 0 Å². The lowest BCUT2D eigenvalue weighted by molar-refractivity contribution is -0.116. The molecule has 90 valence electrons. The third-order valence-corrected chi connectivity index (χ3v) is 2.30. The molecule has 0 aromatic heterocycles. The van der Waals surface area contributed by atoms with Crippen molar-refractivity contribution in [2.45, 2.75) is 6.92 Å². The highest BCUT2D eigenvalue weighted by Crippen LogP contribution is 2.20. The van der Waals surface area contributed by atoms with Gasteiger partial charge in [0.15, 0.2) is 0 Å². The first kappa shape index (κ1) is 13.5. The van der Waals surface area contributed by atoms with E-state index in [1.54, 1.807) is 13.0 Å². The molecule has 4 heteroatoms. The molecule has 0 aliphatic carbocycles. The predicted octanol–water partition coefficient (Wildman–Crippen LogP) is 3.18. The minimum absolute atomic E-state index is 0.208. The Kier molecular flexibility index (Phi) is 4.91. The Labute approximate surface area is 105 Å². The molecule has 0 saturated heterocycles. The molecule has 1 aromatic carbocycles. The molecular weight excluding hydrogens is 241 g/mol. The monoisotopic (exact) mass is 253 g/mol. The number of carbonyl (C=O) groups is 1. The Morgan fingerprint density at radius 2 is 2.29 bits per heavy atom. The van der Waals surface area contributed by atoms with Crippen molar-refractivity contribution in [2.75, 3.05) is 6.54 Å². The van der Waals surface area contributed by atoms with Crippen LogP contribution >= 0.6 is 11.6 Å². The summed E-state index contributed by atoms with van der Waals surface area (Å²) in [4.78, 5) is 11.3. The van der Waals surface area contributed by atoms with Crippen LogP contribution in [0.2, 0.25) is 5.02 Å². The van der Waals surface area contributed by atoms with E-state index in [4.69, 9.17) is 11.6 Å². The average molecular weight is 254 g/mol. The summed E-state index contributed by atoms with van der Waals surface area (Å²) in [5.74, 6) is -0.770. The summed E-state index contributed by atoms with van der Waals surface area (Å²) in [5, 5.41) is 2.87. The Morgan fingerprint density at radius 1 is 1.59 bits per heavy atom. The molecule has 0 saturated carbocycles. The van der Waals surface area contributed by atoms with E-state index >= 15 is 0 Å². The van der Waals surface area contributed by atoms with Gasteiger partial charge in [0.1, 0.15) is 5.82 Å². The summed E-state index contributed by atoms with van der Waals surface area (Å²) in [6.07, 6.45) is 2.60. The molecule has 1 N–H and O–H groups in total. The van der Waals surface area contributed by atoms with Gasteiger partial charge in [0.05, 0.1) is 5.02 Å². The van der Waals surface area contributed by atoms with Crippen molar-refractivity contribution >= 4 is 23.6 Å². The van der Waals surface area contributed by atoms with Crippen LogP contribution in [0.5, 0.6) is 0 Å². The molecule has 0 radical (unpaired) electrons. The van der Waals surface area contributed by atoms with E-state index in [1.807, 2.05) is 0 Å². The third kappa shape index (κ3) is 4.41. The van der Waals surface area contributed by atoms with Crippen molar-refractivity contribution in [3.8, 4) is 0 Å². The highest BCUT2D eigenvalue weighted by Gasteiger charge is 2.03. The number of nitrogens with one attached hydrogen (secondary N) is 1. The van der Waals surface area contributed by atoms with Crippen LogP contribution in [0.3, 0.4) is 0 Å². The molecule has 2 nitrogen and oxygen atoms in total. The normalized spacial score (nSPS) is 10.5. The lowest BCUT2D eigenvalue weighted by Crippen LogP contribution is -2.22. The minimum atomic E-state index is -0.457. The Hall–Kier alpha value is -1.61. The maximum Gasteiger partial charge on any atom is 0.244 e. The number of hydrogen-bond acceptors (Lipinski definition) is 1. The van der Waals surface area contributed by atoms with Gasteiger partial charge in [0.2, 0.25) is 5.91 Å². The highest BCUT2D eigenvalue weighted by molar-refractivity contribution is 6.32. The molecule has 0 atom stereocenters. The van der Waals surface area contributed by atoms with Crippen LogP contribution < -0.4 is 5.32 Å². The molecule has 0 unspecified atom stereocenters. The van der Waals surface area contributed by atoms with Gasteiger partial charge in [0.25, 0.3) is 0 Å². The van der Waals surface area contributed by atoms with E-state index in [0.717, 1.165) is 5.57 Å². The van der Waals surface area contributed by atoms with Gasteiger partial charge in [-0.2, -0.15) is 0 Å². The molecule has 0 spiro atoms. The third-order valence-electron chi connectivity index (χ3n) is 1.97. The molecule has 0 fully saturated rings. The second kappa shape index (κ2) is 6.21. The van der Waals surface area contributed by atoms with Gasteiger partial charge in [-0.05, 0) is 25.1 Å². The number of benzene rings is 1. The molecule has 17 heavy (non-hydrogen) atoms. The summed E-state index contributed by atoms with van der Waals surface area (Å²) in [5.41, 5.74) is 1.05.